The van der Waals surface area contributed by atoms with Gasteiger partial charge in [0.25, 0.3) is 16.7 Å². The van der Waals surface area contributed by atoms with E-state index >= 15 is 0 Å². The number of hydrogen-bond acceptors (Lipinski definition) is 22. The van der Waals surface area contributed by atoms with E-state index in [2.05, 4.69) is 54.7 Å². The normalized spacial score (nSPS) is 11.0. The van der Waals surface area contributed by atoms with Gasteiger partial charge < -0.3 is 33.8 Å². The summed E-state index contributed by atoms with van der Waals surface area (Å²) in [4.78, 5) is 61.9. The average Bonchev–Trinajstić information content (AvgIpc) is 0.766. The molecule has 10 aromatic carbocycles. The molecule has 0 aliphatic carbocycles. The first kappa shape index (κ1) is 98.4. The maximum Gasteiger partial charge on any atom is 0.569 e. The van der Waals surface area contributed by atoms with Gasteiger partial charge in [0.15, 0.2) is 19.7 Å². The van der Waals surface area contributed by atoms with Gasteiger partial charge in [-0.05, 0) is 230 Å². The van der Waals surface area contributed by atoms with Crippen LogP contribution in [0.2, 0.25) is 15.1 Å². The zero-order valence-electron chi connectivity index (χ0n) is 67.8. The predicted octanol–water partition coefficient (Wildman–Crippen LogP) is 18.3. The van der Waals surface area contributed by atoms with E-state index in [-0.39, 0.29) is 72.3 Å². The molecule has 0 bridgehead atoms. The SMILES string of the molecule is C.COc1cc(-c2cccc(Cl)c2)c(C)cc1-n1c(=O)ccc2cc(S(=O)(=O)Cc3ncccn3)ccc21.COc1cc(-c2cccc(Cl)c2)c(C)cc1-n1c(=O)ccc2cc(S(=O)(=O)Cc3ncccn3)ccc21.COc1cc(Br)c(C)cc1-n1c(=O)ccc2cc(S(=O)(=O)Oc3c(F)c(F)c(F)c(F)c3F)ccc21.Nc1ncccn1.O[B]Oc1cccc(Cl)c1.P. The third-order valence-corrected chi connectivity index (χ3v) is 24.9. The van der Waals surface area contributed by atoms with Gasteiger partial charge in [0.2, 0.25) is 40.8 Å². The highest BCUT2D eigenvalue weighted by Gasteiger charge is 2.32. The van der Waals surface area contributed by atoms with Crippen molar-refractivity contribution in [3.8, 4) is 68.1 Å². The van der Waals surface area contributed by atoms with Gasteiger partial charge in [-0.15, -0.1) is 0 Å². The molecular weight excluding hydrogens is 1880 g/mol. The number of aromatic nitrogens is 9. The number of rotatable bonds is 19. The van der Waals surface area contributed by atoms with Crippen LogP contribution in [0.5, 0.6) is 28.7 Å². The van der Waals surface area contributed by atoms with Crippen molar-refractivity contribution >= 4 is 137 Å². The molecule has 3 N–H and O–H groups in total. The Morgan fingerprint density at radius 2 is 0.775 bits per heavy atom. The summed E-state index contributed by atoms with van der Waals surface area (Å²) in [5.74, 6) is -12.1. The molecule has 0 amide bonds. The Morgan fingerprint density at radius 3 is 1.14 bits per heavy atom. The van der Waals surface area contributed by atoms with Gasteiger partial charge in [-0.1, -0.05) is 88.5 Å². The lowest BCUT2D eigenvalue weighted by atomic mass is 9.99. The van der Waals surface area contributed by atoms with E-state index in [0.717, 1.165) is 61.6 Å². The molecule has 25 nitrogen and oxygen atoms in total. The second kappa shape index (κ2) is 42.9. The molecule has 663 valence electrons. The number of methoxy groups -OCH3 is 3. The number of nitrogen functional groups attached to an aromatic ring is 1. The van der Waals surface area contributed by atoms with Crippen LogP contribution in [0.3, 0.4) is 0 Å². The van der Waals surface area contributed by atoms with Gasteiger partial charge >= 0.3 is 17.8 Å². The second-order valence-corrected chi connectivity index (χ2v) is 34.9. The van der Waals surface area contributed by atoms with Crippen molar-refractivity contribution in [3.63, 3.8) is 0 Å². The number of aryl methyl sites for hydroxylation is 3. The molecule has 1 atom stereocenters. The Balaban J connectivity index is 0.000000182. The lowest BCUT2D eigenvalue weighted by Gasteiger charge is -2.17. The second-order valence-electron chi connectivity index (χ2n) is 27.2. The van der Waals surface area contributed by atoms with E-state index in [1.807, 2.05) is 86.6 Å². The number of sulfone groups is 2. The summed E-state index contributed by atoms with van der Waals surface area (Å²) in [6.45, 7) is 5.68. The zero-order chi connectivity index (χ0) is 91.3. The number of nitrogens with two attached hydrogens (primary N) is 1. The molecule has 129 heavy (non-hydrogen) atoms. The monoisotopic (exact) mass is 1950 g/mol. The minimum atomic E-state index is -5.06. The molecule has 0 spiro atoms. The summed E-state index contributed by atoms with van der Waals surface area (Å²) >= 11 is 21.4. The van der Waals surface area contributed by atoms with Gasteiger partial charge in [0, 0.05) is 91.1 Å². The summed E-state index contributed by atoms with van der Waals surface area (Å²) < 4.78 is 176. The van der Waals surface area contributed by atoms with E-state index in [1.165, 1.54) is 82.0 Å². The number of fused-ring (bicyclic) bond motifs is 3. The molecule has 39 heteroatoms. The summed E-state index contributed by atoms with van der Waals surface area (Å²) in [5.41, 5.74) is 13.2. The highest BCUT2D eigenvalue weighted by atomic mass is 79.9. The summed E-state index contributed by atoms with van der Waals surface area (Å²) in [7, 11) is -7.36. The lowest BCUT2D eigenvalue weighted by Crippen LogP contribution is -2.19. The largest absolute Gasteiger partial charge is 0.569 e. The van der Waals surface area contributed by atoms with E-state index in [4.69, 9.17) is 59.8 Å². The zero-order valence-corrected chi connectivity index (χ0v) is 75.6. The van der Waals surface area contributed by atoms with E-state index in [0.29, 0.717) is 90.6 Å². The number of ether oxygens (including phenoxy) is 3. The minimum Gasteiger partial charge on any atom is -0.537 e. The van der Waals surface area contributed by atoms with Crippen molar-refractivity contribution < 1.29 is 75.3 Å². The molecule has 1 unspecified atom stereocenters. The van der Waals surface area contributed by atoms with Gasteiger partial charge in [-0.3, -0.25) is 28.1 Å². The third kappa shape index (κ3) is 23.0. The standard InChI is InChI=1S/2C28H22ClN3O4S.C23H13BrF5NO5S.C6H5BClO2.C4H5N3.CH4.H3P/c2*1-18-13-25(26(36-2)16-23(18)19-5-3-6-21(29)14-19)32-24-9-8-22(15-20(24)7-10-28(32)33)37(34,35)17-27-30-11-4-12-31-27;1-10-7-15(16(34-2)9-13(10)24)30-14-5-4-12(8-11(14)3-6-17(30)31)36(32,33)35-23-21(28)19(26)18(25)20(27)22(23)29;8-5-2-1-3-6(4-5)10-7-9;5-4-6-2-1-3-7-4;;/h2*3-16H,17H2,1-2H3;3-9H,1-2H3;1-4,9H;1-3H,(H2,5,6,7);1H4;1H3. The van der Waals surface area contributed by atoms with E-state index in [9.17, 15) is 61.6 Å². The van der Waals surface area contributed by atoms with Crippen LogP contribution in [0, 0.1) is 49.9 Å². The average molecular weight is 1950 g/mol. The molecule has 6 heterocycles. The quantitative estimate of drug-likeness (QED) is 0.0190. The number of pyridine rings is 3. The molecule has 16 rings (SSSR count). The van der Waals surface area contributed by atoms with Gasteiger partial charge in [0.05, 0.1) is 64.7 Å². The maximum atomic E-state index is 14.0. The van der Waals surface area contributed by atoms with Crippen LogP contribution < -0.4 is 45.5 Å². The van der Waals surface area contributed by atoms with Crippen molar-refractivity contribution in [2.75, 3.05) is 27.1 Å². The van der Waals surface area contributed by atoms with Gasteiger partial charge in [-0.25, -0.2) is 59.9 Å². The van der Waals surface area contributed by atoms with Crippen molar-refractivity contribution in [2.24, 2.45) is 0 Å². The fraction of sp³-hybridized carbons (Fsp3) is 0.100. The molecule has 0 aliphatic rings. The topological polar surface area (TPSA) is 338 Å². The van der Waals surface area contributed by atoms with Crippen LogP contribution in [0.1, 0.15) is 35.8 Å². The number of nitrogens with zero attached hydrogens (tertiary/aromatic N) is 9. The Hall–Kier alpha value is -12.8. The van der Waals surface area contributed by atoms with E-state index in [1.54, 1.807) is 125 Å². The molecule has 1 radical (unpaired) electrons. The first-order valence-corrected chi connectivity index (χ1v) is 43.8. The highest BCUT2D eigenvalue weighted by molar-refractivity contribution is 9.10. The third-order valence-electron chi connectivity index (χ3n) is 18.9. The summed E-state index contributed by atoms with van der Waals surface area (Å²) in [6, 6.07) is 58.7. The fourth-order valence-corrected chi connectivity index (χ4v) is 17.3. The number of hydrogen-bond donors (Lipinski definition) is 2. The lowest BCUT2D eigenvalue weighted by molar-refractivity contribution is 0.346. The Bertz CT molecular complexity index is 7160. The van der Waals surface area contributed by atoms with Crippen molar-refractivity contribution in [2.45, 2.75) is 54.4 Å². The van der Waals surface area contributed by atoms with Gasteiger partial charge in [0.1, 0.15) is 51.0 Å². The summed E-state index contributed by atoms with van der Waals surface area (Å²) in [6.07, 6.45) is 9.21. The van der Waals surface area contributed by atoms with E-state index < -0.39 is 75.1 Å². The highest BCUT2D eigenvalue weighted by Crippen LogP contribution is 2.40. The number of halogens is 9. The van der Waals surface area contributed by atoms with Gasteiger partial charge in [-0.2, -0.15) is 27.1 Å². The maximum absolute atomic E-state index is 14.0. The summed E-state index contributed by atoms with van der Waals surface area (Å²) in [5, 5.41) is 11.4. The fourth-order valence-electron chi connectivity index (χ4n) is 12.9. The molecular formula is C90H74BBrCl3F5N10O15PS3. The Morgan fingerprint density at radius 1 is 0.426 bits per heavy atom. The molecule has 0 fully saturated rings. The Labute approximate surface area is 763 Å². The van der Waals surface area contributed by atoms with Crippen LogP contribution in [-0.2, 0) is 41.3 Å². The number of benzene rings is 10. The van der Waals surface area contributed by atoms with Crippen LogP contribution in [0.4, 0.5) is 27.9 Å². The van der Waals surface area contributed by atoms with Crippen LogP contribution in [-0.4, -0.2) is 103 Å². The predicted molar refractivity (Wildman–Crippen MR) is 495 cm³/mol. The van der Waals surface area contributed by atoms with Crippen molar-refractivity contribution in [1.29, 1.82) is 0 Å². The van der Waals surface area contributed by atoms with Crippen molar-refractivity contribution in [1.82, 2.24) is 43.6 Å². The first-order valence-electron chi connectivity index (χ1n) is 37.2. The van der Waals surface area contributed by atoms with Crippen LogP contribution in [0.25, 0.3) is 72.0 Å². The molecule has 0 saturated heterocycles. The smallest absolute Gasteiger partial charge is 0.537 e. The number of anilines is 1. The van der Waals surface area contributed by atoms with Crippen molar-refractivity contribution in [3.05, 3.63) is 364 Å². The molecule has 16 aromatic rings. The Kier molecular flexibility index (Phi) is 32.7. The first-order chi connectivity index (χ1) is 60.6. The van der Waals surface area contributed by atoms with Crippen LogP contribution in [0.15, 0.2) is 289 Å². The minimum absolute atomic E-state index is 0. The molecule has 0 saturated carbocycles. The van der Waals surface area contributed by atoms with Crippen LogP contribution >= 0.6 is 60.6 Å². The molecule has 0 aliphatic heterocycles. The molecule has 6 aromatic heterocycles.